The number of nitrogens with zero attached hydrogens (tertiary/aromatic N) is 4. The number of carbonyl (C=O) groups excluding carboxylic acids is 1. The molecule has 118 valence electrons. The minimum atomic E-state index is -0.0732. The van der Waals surface area contributed by atoms with E-state index in [2.05, 4.69) is 17.1 Å². The minimum Gasteiger partial charge on any atom is -0.337 e. The minimum absolute atomic E-state index is 0. The van der Waals surface area contributed by atoms with Crippen molar-refractivity contribution in [1.82, 2.24) is 19.9 Å². The molecule has 1 fully saturated rings. The van der Waals surface area contributed by atoms with Crippen molar-refractivity contribution in [2.24, 2.45) is 11.7 Å². The normalized spacial score (nSPS) is 21.3. The van der Waals surface area contributed by atoms with Crippen LogP contribution in [0.25, 0.3) is 5.69 Å². The van der Waals surface area contributed by atoms with Gasteiger partial charge in [0.05, 0.1) is 11.9 Å². The lowest BCUT2D eigenvalue weighted by atomic mass is 9.95. The Bertz CT molecular complexity index is 630. The number of nitrogens with two attached hydrogens (primary N) is 1. The van der Waals surface area contributed by atoms with E-state index in [0.29, 0.717) is 24.7 Å². The van der Waals surface area contributed by atoms with Gasteiger partial charge in [0.15, 0.2) is 5.69 Å². The number of carbonyl (C=O) groups is 1. The van der Waals surface area contributed by atoms with Crippen LogP contribution in [0.3, 0.4) is 0 Å². The third-order valence-electron chi connectivity index (χ3n) is 3.96. The summed E-state index contributed by atoms with van der Waals surface area (Å²) in [7, 11) is 0. The Labute approximate surface area is 135 Å². The van der Waals surface area contributed by atoms with Gasteiger partial charge in [-0.05, 0) is 24.5 Å². The number of hydrogen-bond acceptors (Lipinski definition) is 4. The summed E-state index contributed by atoms with van der Waals surface area (Å²) in [6, 6.07) is 9.72. The molecule has 3 rings (SSSR count). The Morgan fingerprint density at radius 2 is 2.05 bits per heavy atom. The molecule has 6 nitrogen and oxygen atoms in total. The van der Waals surface area contributed by atoms with Gasteiger partial charge in [0.1, 0.15) is 0 Å². The van der Waals surface area contributed by atoms with Gasteiger partial charge in [-0.25, -0.2) is 0 Å². The van der Waals surface area contributed by atoms with Crippen LogP contribution in [0.2, 0.25) is 0 Å². The first-order valence-electron chi connectivity index (χ1n) is 7.18. The molecule has 2 aromatic rings. The van der Waals surface area contributed by atoms with Crippen molar-refractivity contribution in [1.29, 1.82) is 0 Å². The highest BCUT2D eigenvalue weighted by molar-refractivity contribution is 5.92. The van der Waals surface area contributed by atoms with Gasteiger partial charge in [0.2, 0.25) is 0 Å². The van der Waals surface area contributed by atoms with Gasteiger partial charge >= 0.3 is 0 Å². The van der Waals surface area contributed by atoms with Crippen LogP contribution in [0.5, 0.6) is 0 Å². The zero-order valence-electron chi connectivity index (χ0n) is 12.4. The van der Waals surface area contributed by atoms with Gasteiger partial charge < -0.3 is 10.6 Å². The van der Waals surface area contributed by atoms with E-state index in [0.717, 1.165) is 12.1 Å². The van der Waals surface area contributed by atoms with E-state index in [9.17, 15) is 4.79 Å². The van der Waals surface area contributed by atoms with Gasteiger partial charge in [0.25, 0.3) is 5.91 Å². The van der Waals surface area contributed by atoms with E-state index in [1.54, 1.807) is 0 Å². The number of amides is 1. The number of piperidine rings is 1. The Hall–Kier alpha value is -1.92. The molecular weight excluding hydrogens is 302 g/mol. The number of benzene rings is 1. The third kappa shape index (κ3) is 3.28. The van der Waals surface area contributed by atoms with Gasteiger partial charge in [-0.1, -0.05) is 25.1 Å². The van der Waals surface area contributed by atoms with E-state index >= 15 is 0 Å². The smallest absolute Gasteiger partial charge is 0.276 e. The molecule has 0 bridgehead atoms. The molecule has 1 aliphatic heterocycles. The Morgan fingerprint density at radius 3 is 2.73 bits per heavy atom. The molecule has 0 radical (unpaired) electrons. The van der Waals surface area contributed by atoms with E-state index in [-0.39, 0.29) is 24.4 Å². The van der Waals surface area contributed by atoms with Gasteiger partial charge in [0, 0.05) is 19.1 Å². The molecule has 2 heterocycles. The molecule has 0 saturated carbocycles. The highest BCUT2D eigenvalue weighted by atomic mass is 35.5. The highest BCUT2D eigenvalue weighted by Crippen LogP contribution is 2.17. The zero-order valence-corrected chi connectivity index (χ0v) is 13.2. The number of aromatic nitrogens is 3. The van der Waals surface area contributed by atoms with Gasteiger partial charge in [-0.15, -0.1) is 17.5 Å². The van der Waals surface area contributed by atoms with Crippen molar-refractivity contribution in [3.8, 4) is 5.69 Å². The summed E-state index contributed by atoms with van der Waals surface area (Å²) in [6.07, 6.45) is 2.36. The first-order chi connectivity index (χ1) is 10.1. The van der Waals surface area contributed by atoms with Crippen LogP contribution in [0.1, 0.15) is 23.8 Å². The first kappa shape index (κ1) is 16.5. The molecule has 1 aromatic carbocycles. The summed E-state index contributed by atoms with van der Waals surface area (Å²) >= 11 is 0. The summed E-state index contributed by atoms with van der Waals surface area (Å²) in [5, 5.41) is 8.45. The van der Waals surface area contributed by atoms with Crippen LogP contribution < -0.4 is 5.73 Å². The molecule has 1 aliphatic rings. The van der Waals surface area contributed by atoms with Crippen molar-refractivity contribution in [2.75, 3.05) is 13.1 Å². The number of para-hydroxylation sites is 1. The Kier molecular flexibility index (Phi) is 5.15. The molecule has 2 unspecified atom stereocenters. The standard InChI is InChI=1S/C15H19N5O.ClH/c1-11-10-19(8-7-13(11)16)15(21)14-9-17-20(18-14)12-5-3-2-4-6-12;/h2-6,9,11,13H,7-8,10,16H2,1H3;1H. The second-order valence-electron chi connectivity index (χ2n) is 5.54. The lowest BCUT2D eigenvalue weighted by Crippen LogP contribution is -2.48. The van der Waals surface area contributed by atoms with Crippen molar-refractivity contribution < 1.29 is 4.79 Å². The van der Waals surface area contributed by atoms with Gasteiger partial charge in [-0.3, -0.25) is 4.79 Å². The number of likely N-dealkylation sites (tertiary alicyclic amines) is 1. The predicted molar refractivity (Wildman–Crippen MR) is 86.3 cm³/mol. The summed E-state index contributed by atoms with van der Waals surface area (Å²) in [6.45, 7) is 3.44. The molecule has 2 N–H and O–H groups in total. The van der Waals surface area contributed by atoms with E-state index in [1.165, 1.54) is 11.0 Å². The van der Waals surface area contributed by atoms with Crippen molar-refractivity contribution >= 4 is 18.3 Å². The number of hydrogen-bond donors (Lipinski definition) is 1. The summed E-state index contributed by atoms with van der Waals surface area (Å²) < 4.78 is 0. The molecule has 1 saturated heterocycles. The van der Waals surface area contributed by atoms with Crippen LogP contribution in [0.15, 0.2) is 36.5 Å². The Morgan fingerprint density at radius 1 is 1.32 bits per heavy atom. The van der Waals surface area contributed by atoms with E-state index < -0.39 is 0 Å². The van der Waals surface area contributed by atoms with Crippen LogP contribution in [0.4, 0.5) is 0 Å². The fourth-order valence-corrected chi connectivity index (χ4v) is 2.56. The summed E-state index contributed by atoms with van der Waals surface area (Å²) in [4.78, 5) is 15.8. The number of rotatable bonds is 2. The molecule has 1 amide bonds. The topological polar surface area (TPSA) is 77.0 Å². The zero-order chi connectivity index (χ0) is 14.8. The van der Waals surface area contributed by atoms with Crippen LogP contribution >= 0.6 is 12.4 Å². The Balaban J connectivity index is 0.00000176. The van der Waals surface area contributed by atoms with E-state index in [1.807, 2.05) is 35.2 Å². The van der Waals surface area contributed by atoms with Crippen molar-refractivity contribution in [2.45, 2.75) is 19.4 Å². The fraction of sp³-hybridized carbons (Fsp3) is 0.400. The highest BCUT2D eigenvalue weighted by Gasteiger charge is 2.28. The molecule has 2 atom stereocenters. The van der Waals surface area contributed by atoms with Crippen LogP contribution in [-0.4, -0.2) is 44.9 Å². The predicted octanol–water partition coefficient (Wildman–Crippen LogP) is 1.50. The molecule has 1 aromatic heterocycles. The second-order valence-corrected chi connectivity index (χ2v) is 5.54. The molecule has 0 aliphatic carbocycles. The average Bonchev–Trinajstić information content (AvgIpc) is 3.00. The maximum atomic E-state index is 12.5. The lowest BCUT2D eigenvalue weighted by Gasteiger charge is -2.34. The largest absolute Gasteiger partial charge is 0.337 e. The monoisotopic (exact) mass is 321 g/mol. The SMILES string of the molecule is CC1CN(C(=O)c2cnn(-c3ccccc3)n2)CCC1N.Cl. The van der Waals surface area contributed by atoms with E-state index in [4.69, 9.17) is 5.73 Å². The molecule has 7 heteroatoms. The summed E-state index contributed by atoms with van der Waals surface area (Å²) in [5.74, 6) is 0.239. The van der Waals surface area contributed by atoms with Gasteiger partial charge in [-0.2, -0.15) is 9.90 Å². The quantitative estimate of drug-likeness (QED) is 0.909. The lowest BCUT2D eigenvalue weighted by molar-refractivity contribution is 0.0657. The third-order valence-corrected chi connectivity index (χ3v) is 3.96. The number of halogens is 1. The first-order valence-corrected chi connectivity index (χ1v) is 7.18. The maximum Gasteiger partial charge on any atom is 0.276 e. The summed E-state index contributed by atoms with van der Waals surface area (Å²) in [5.41, 5.74) is 7.20. The molecular formula is C15H20ClN5O. The second kappa shape index (κ2) is 6.89. The van der Waals surface area contributed by atoms with Crippen molar-refractivity contribution in [3.05, 3.63) is 42.2 Å². The maximum absolute atomic E-state index is 12.5. The average molecular weight is 322 g/mol. The molecule has 22 heavy (non-hydrogen) atoms. The van der Waals surface area contributed by atoms with Crippen LogP contribution in [0, 0.1) is 5.92 Å². The van der Waals surface area contributed by atoms with Crippen molar-refractivity contribution in [3.63, 3.8) is 0 Å². The fourth-order valence-electron chi connectivity index (χ4n) is 2.56. The van der Waals surface area contributed by atoms with Crippen LogP contribution in [-0.2, 0) is 0 Å². The molecule has 0 spiro atoms.